The zero-order valence-corrected chi connectivity index (χ0v) is 8.85. The van der Waals surface area contributed by atoms with Gasteiger partial charge in [0.05, 0.1) is 10.7 Å². The minimum Gasteiger partial charge on any atom is -0.314 e. The van der Waals surface area contributed by atoms with E-state index in [4.69, 9.17) is 0 Å². The van der Waals surface area contributed by atoms with Crippen LogP contribution in [-0.2, 0) is 17.6 Å². The minimum atomic E-state index is 0.453. The molecule has 1 aromatic heterocycles. The van der Waals surface area contributed by atoms with Gasteiger partial charge in [0, 0.05) is 24.3 Å². The second-order valence-electron chi connectivity index (χ2n) is 3.60. The fraction of sp³-hybridized carbons (Fsp3) is 0.600. The van der Waals surface area contributed by atoms with Crippen LogP contribution in [-0.4, -0.2) is 23.9 Å². The van der Waals surface area contributed by atoms with Crippen molar-refractivity contribution in [3.8, 4) is 0 Å². The Morgan fingerprint density at radius 1 is 1.71 bits per heavy atom. The van der Waals surface area contributed by atoms with Gasteiger partial charge in [0.25, 0.3) is 0 Å². The van der Waals surface area contributed by atoms with E-state index in [2.05, 4.69) is 10.3 Å². The van der Waals surface area contributed by atoms with Gasteiger partial charge in [-0.1, -0.05) is 0 Å². The van der Waals surface area contributed by atoms with E-state index in [-0.39, 0.29) is 0 Å². The largest absolute Gasteiger partial charge is 0.314 e. The van der Waals surface area contributed by atoms with Gasteiger partial charge in [0.15, 0.2) is 0 Å². The van der Waals surface area contributed by atoms with Crippen molar-refractivity contribution in [1.29, 1.82) is 0 Å². The molecule has 0 bridgehead atoms. The van der Waals surface area contributed by atoms with E-state index < -0.39 is 0 Å². The molecule has 3 nitrogen and oxygen atoms in total. The summed E-state index contributed by atoms with van der Waals surface area (Å²) in [7, 11) is 0. The maximum atomic E-state index is 10.3. The number of aldehydes is 1. The molecule has 1 aliphatic rings. The molecule has 0 radical (unpaired) electrons. The zero-order valence-electron chi connectivity index (χ0n) is 8.03. The van der Waals surface area contributed by atoms with E-state index in [9.17, 15) is 4.79 Å². The molecule has 0 saturated carbocycles. The Labute approximate surface area is 87.6 Å². The van der Waals surface area contributed by atoms with Crippen molar-refractivity contribution < 1.29 is 4.79 Å². The van der Waals surface area contributed by atoms with Gasteiger partial charge in [0.2, 0.25) is 0 Å². The minimum absolute atomic E-state index is 0.453. The predicted octanol–water partition coefficient (Wildman–Crippen LogP) is 1.18. The lowest BCUT2D eigenvalue weighted by Gasteiger charge is -2.06. The van der Waals surface area contributed by atoms with Gasteiger partial charge in [-0.3, -0.25) is 0 Å². The smallest absolute Gasteiger partial charge is 0.125 e. The Hall–Kier alpha value is -0.740. The van der Waals surface area contributed by atoms with E-state index in [1.807, 2.05) is 5.38 Å². The van der Waals surface area contributed by atoms with E-state index in [0.717, 1.165) is 30.0 Å². The second-order valence-corrected chi connectivity index (χ2v) is 4.54. The van der Waals surface area contributed by atoms with Gasteiger partial charge >= 0.3 is 0 Å². The van der Waals surface area contributed by atoms with Crippen LogP contribution in [0.4, 0.5) is 0 Å². The van der Waals surface area contributed by atoms with Gasteiger partial charge in [-0.15, -0.1) is 11.3 Å². The van der Waals surface area contributed by atoms with Crippen molar-refractivity contribution >= 4 is 17.6 Å². The van der Waals surface area contributed by atoms with Crippen LogP contribution in [0.1, 0.15) is 23.5 Å². The van der Waals surface area contributed by atoms with Crippen LogP contribution in [0.15, 0.2) is 5.38 Å². The van der Waals surface area contributed by atoms with Crippen molar-refractivity contribution in [3.05, 3.63) is 16.1 Å². The first-order chi connectivity index (χ1) is 6.88. The lowest BCUT2D eigenvalue weighted by atomic mass is 10.2. The molecule has 0 aliphatic carbocycles. The van der Waals surface area contributed by atoms with Gasteiger partial charge in [-0.05, 0) is 19.4 Å². The molecule has 1 saturated heterocycles. The quantitative estimate of drug-likeness (QED) is 0.759. The number of aromatic nitrogens is 1. The molecular weight excluding hydrogens is 196 g/mol. The van der Waals surface area contributed by atoms with Gasteiger partial charge in [-0.25, -0.2) is 4.98 Å². The van der Waals surface area contributed by atoms with Crippen molar-refractivity contribution in [2.24, 2.45) is 0 Å². The van der Waals surface area contributed by atoms with Crippen LogP contribution in [0.2, 0.25) is 0 Å². The summed E-state index contributed by atoms with van der Waals surface area (Å²) in [6, 6.07) is 0.602. The van der Waals surface area contributed by atoms with Gasteiger partial charge in [0.1, 0.15) is 6.29 Å². The Morgan fingerprint density at radius 2 is 2.64 bits per heavy atom. The first kappa shape index (κ1) is 9.80. The summed E-state index contributed by atoms with van der Waals surface area (Å²) in [4.78, 5) is 14.7. The molecule has 76 valence electrons. The van der Waals surface area contributed by atoms with Crippen LogP contribution in [0.5, 0.6) is 0 Å². The molecule has 1 aromatic rings. The number of hydrogen-bond donors (Lipinski definition) is 1. The summed E-state index contributed by atoms with van der Waals surface area (Å²) >= 11 is 1.67. The van der Waals surface area contributed by atoms with Crippen LogP contribution >= 0.6 is 11.3 Å². The molecule has 1 atom stereocenters. The normalized spacial score (nSPS) is 21.3. The Kier molecular flexibility index (Phi) is 3.26. The van der Waals surface area contributed by atoms with Crippen LogP contribution in [0.25, 0.3) is 0 Å². The Morgan fingerprint density at radius 3 is 3.36 bits per heavy atom. The molecule has 4 heteroatoms. The summed E-state index contributed by atoms with van der Waals surface area (Å²) in [5, 5.41) is 6.58. The highest BCUT2D eigenvalue weighted by atomic mass is 32.1. The van der Waals surface area contributed by atoms with Crippen molar-refractivity contribution in [2.75, 3.05) is 6.54 Å². The number of rotatable bonds is 4. The first-order valence-electron chi connectivity index (χ1n) is 4.99. The van der Waals surface area contributed by atoms with Crippen LogP contribution in [0.3, 0.4) is 0 Å². The molecule has 0 amide bonds. The standard InChI is InChI=1S/C10H14N2OS/c13-5-3-9-7-14-10(12-9)6-8-2-1-4-11-8/h5,7-8,11H,1-4,6H2. The fourth-order valence-corrected chi connectivity index (χ4v) is 2.65. The number of carbonyl (C=O) groups excluding carboxylic acids is 1. The third kappa shape index (κ3) is 2.39. The molecule has 1 N–H and O–H groups in total. The van der Waals surface area contributed by atoms with E-state index in [1.165, 1.54) is 12.8 Å². The summed E-state index contributed by atoms with van der Waals surface area (Å²) in [5.41, 5.74) is 0.915. The van der Waals surface area contributed by atoms with Crippen molar-refractivity contribution in [1.82, 2.24) is 10.3 Å². The van der Waals surface area contributed by atoms with E-state index >= 15 is 0 Å². The molecule has 14 heavy (non-hydrogen) atoms. The van der Waals surface area contributed by atoms with Crippen LogP contribution in [0, 0.1) is 0 Å². The second kappa shape index (κ2) is 4.66. The maximum Gasteiger partial charge on any atom is 0.125 e. The van der Waals surface area contributed by atoms with Gasteiger partial charge < -0.3 is 10.1 Å². The maximum absolute atomic E-state index is 10.3. The highest BCUT2D eigenvalue weighted by Gasteiger charge is 2.15. The Balaban J connectivity index is 1.91. The molecule has 0 aromatic carbocycles. The van der Waals surface area contributed by atoms with Crippen molar-refractivity contribution in [3.63, 3.8) is 0 Å². The number of hydrogen-bond acceptors (Lipinski definition) is 4. The Bertz CT molecular complexity index is 305. The molecule has 1 fully saturated rings. The summed E-state index contributed by atoms with van der Waals surface area (Å²) in [5.74, 6) is 0. The molecule has 2 rings (SSSR count). The lowest BCUT2D eigenvalue weighted by Crippen LogP contribution is -2.23. The average molecular weight is 210 g/mol. The van der Waals surface area contributed by atoms with Gasteiger partial charge in [-0.2, -0.15) is 0 Å². The summed E-state index contributed by atoms with van der Waals surface area (Å²) in [6.45, 7) is 1.14. The summed E-state index contributed by atoms with van der Waals surface area (Å²) < 4.78 is 0. The topological polar surface area (TPSA) is 42.0 Å². The number of carbonyl (C=O) groups is 1. The number of nitrogens with zero attached hydrogens (tertiary/aromatic N) is 1. The molecule has 1 aliphatic heterocycles. The average Bonchev–Trinajstić information content (AvgIpc) is 2.79. The lowest BCUT2D eigenvalue weighted by molar-refractivity contribution is -0.107. The van der Waals surface area contributed by atoms with Crippen LogP contribution < -0.4 is 5.32 Å². The van der Waals surface area contributed by atoms with E-state index in [0.29, 0.717) is 12.5 Å². The first-order valence-corrected chi connectivity index (χ1v) is 5.87. The third-order valence-electron chi connectivity index (χ3n) is 2.48. The zero-order chi connectivity index (χ0) is 9.80. The van der Waals surface area contributed by atoms with Crippen molar-refractivity contribution in [2.45, 2.75) is 31.7 Å². The molecule has 1 unspecified atom stereocenters. The third-order valence-corrected chi connectivity index (χ3v) is 3.40. The highest BCUT2D eigenvalue weighted by molar-refractivity contribution is 7.09. The number of nitrogens with one attached hydrogen (secondary N) is 1. The monoisotopic (exact) mass is 210 g/mol. The highest BCUT2D eigenvalue weighted by Crippen LogP contribution is 2.16. The molecule has 2 heterocycles. The molecular formula is C10H14N2OS. The fourth-order valence-electron chi connectivity index (χ4n) is 1.76. The molecule has 0 spiro atoms. The number of thiazole rings is 1. The summed E-state index contributed by atoms with van der Waals surface area (Å²) in [6.07, 6.45) is 4.91. The SMILES string of the molecule is O=CCc1csc(CC2CCCN2)n1. The predicted molar refractivity (Wildman–Crippen MR) is 56.6 cm³/mol. The van der Waals surface area contributed by atoms with E-state index in [1.54, 1.807) is 11.3 Å².